The number of rotatable bonds is 5. The molecule has 1 heterocycles. The second kappa shape index (κ2) is 5.79. The first-order valence-electron chi connectivity index (χ1n) is 6.23. The molecule has 1 fully saturated rings. The molecule has 0 radical (unpaired) electrons. The van der Waals surface area contributed by atoms with Gasteiger partial charge in [-0.25, -0.2) is 8.42 Å². The highest BCUT2D eigenvalue weighted by molar-refractivity contribution is 7.91. The summed E-state index contributed by atoms with van der Waals surface area (Å²) < 4.78 is 28.4. The third-order valence-corrected chi connectivity index (χ3v) is 5.24. The molecule has 0 spiro atoms. The van der Waals surface area contributed by atoms with E-state index in [1.165, 1.54) is 6.07 Å². The summed E-state index contributed by atoms with van der Waals surface area (Å²) in [6, 6.07) is 6.40. The SMILES string of the molecule is O=S1(=O)CCC(C(CO)COc2cccc(O)c2)C1. The molecule has 2 atom stereocenters. The summed E-state index contributed by atoms with van der Waals surface area (Å²) in [6.45, 7) is 0.152. The fourth-order valence-corrected chi connectivity index (χ4v) is 4.23. The predicted octanol–water partition coefficient (Wildman–Crippen LogP) is 0.814. The number of aliphatic hydroxyl groups is 1. The lowest BCUT2D eigenvalue weighted by molar-refractivity contribution is 0.126. The third-order valence-electron chi connectivity index (χ3n) is 3.45. The average molecular weight is 286 g/mol. The van der Waals surface area contributed by atoms with Crippen molar-refractivity contribution in [2.45, 2.75) is 6.42 Å². The monoisotopic (exact) mass is 286 g/mol. The van der Waals surface area contributed by atoms with Gasteiger partial charge in [0.25, 0.3) is 0 Å². The van der Waals surface area contributed by atoms with Crippen LogP contribution in [0, 0.1) is 11.8 Å². The van der Waals surface area contributed by atoms with E-state index < -0.39 is 9.84 Å². The fraction of sp³-hybridized carbons (Fsp3) is 0.538. The highest BCUT2D eigenvalue weighted by atomic mass is 32.2. The van der Waals surface area contributed by atoms with E-state index in [1.54, 1.807) is 18.2 Å². The van der Waals surface area contributed by atoms with Crippen LogP contribution in [0.15, 0.2) is 24.3 Å². The van der Waals surface area contributed by atoms with Crippen LogP contribution in [0.4, 0.5) is 0 Å². The minimum Gasteiger partial charge on any atom is -0.508 e. The molecule has 0 saturated carbocycles. The lowest BCUT2D eigenvalue weighted by atomic mass is 9.93. The van der Waals surface area contributed by atoms with E-state index in [4.69, 9.17) is 4.74 Å². The summed E-state index contributed by atoms with van der Waals surface area (Å²) in [5.74, 6) is 0.704. The van der Waals surface area contributed by atoms with Gasteiger partial charge in [0.15, 0.2) is 9.84 Å². The molecule has 1 saturated heterocycles. The molecule has 6 heteroatoms. The van der Waals surface area contributed by atoms with Crippen molar-refractivity contribution in [2.75, 3.05) is 24.7 Å². The number of hydrogen-bond donors (Lipinski definition) is 2. The molecule has 1 aliphatic rings. The predicted molar refractivity (Wildman–Crippen MR) is 70.9 cm³/mol. The van der Waals surface area contributed by atoms with E-state index in [-0.39, 0.29) is 42.3 Å². The zero-order valence-electron chi connectivity index (χ0n) is 10.5. The van der Waals surface area contributed by atoms with Crippen molar-refractivity contribution in [2.24, 2.45) is 11.8 Å². The Labute approximate surface area is 112 Å². The number of benzene rings is 1. The maximum Gasteiger partial charge on any atom is 0.150 e. The van der Waals surface area contributed by atoms with Crippen molar-refractivity contribution >= 4 is 9.84 Å². The number of aromatic hydroxyl groups is 1. The van der Waals surface area contributed by atoms with E-state index >= 15 is 0 Å². The van der Waals surface area contributed by atoms with Crippen LogP contribution in [-0.2, 0) is 9.84 Å². The number of aliphatic hydroxyl groups excluding tert-OH is 1. The maximum absolute atomic E-state index is 11.4. The van der Waals surface area contributed by atoms with E-state index in [2.05, 4.69) is 0 Å². The van der Waals surface area contributed by atoms with Crippen molar-refractivity contribution in [1.29, 1.82) is 0 Å². The zero-order chi connectivity index (χ0) is 13.9. The van der Waals surface area contributed by atoms with Crippen molar-refractivity contribution in [3.8, 4) is 11.5 Å². The lowest BCUT2D eigenvalue weighted by Gasteiger charge is -2.20. The number of ether oxygens (including phenoxy) is 1. The van der Waals surface area contributed by atoms with Crippen molar-refractivity contribution < 1.29 is 23.4 Å². The van der Waals surface area contributed by atoms with Gasteiger partial charge in [-0.3, -0.25) is 0 Å². The van der Waals surface area contributed by atoms with Gasteiger partial charge in [0.05, 0.1) is 18.1 Å². The van der Waals surface area contributed by atoms with E-state index in [0.29, 0.717) is 12.2 Å². The maximum atomic E-state index is 11.4. The lowest BCUT2D eigenvalue weighted by Crippen LogP contribution is -2.26. The number of sulfone groups is 1. The Morgan fingerprint density at radius 1 is 1.42 bits per heavy atom. The Morgan fingerprint density at radius 2 is 2.21 bits per heavy atom. The highest BCUT2D eigenvalue weighted by Gasteiger charge is 2.33. The molecule has 2 rings (SSSR count). The molecule has 0 amide bonds. The highest BCUT2D eigenvalue weighted by Crippen LogP contribution is 2.27. The molecule has 1 aliphatic heterocycles. The molecule has 1 aromatic carbocycles. The Balaban J connectivity index is 1.93. The molecular formula is C13H18O5S. The molecule has 2 N–H and O–H groups in total. The quantitative estimate of drug-likeness (QED) is 0.837. The normalized spacial score (nSPS) is 23.1. The second-order valence-corrected chi connectivity index (χ2v) is 7.14. The van der Waals surface area contributed by atoms with Crippen molar-refractivity contribution in [1.82, 2.24) is 0 Å². The topological polar surface area (TPSA) is 83.8 Å². The van der Waals surface area contributed by atoms with E-state index in [1.807, 2.05) is 0 Å². The molecule has 106 valence electrons. The Morgan fingerprint density at radius 3 is 2.79 bits per heavy atom. The number of phenolic OH excluding ortho intramolecular Hbond substituents is 1. The molecule has 5 nitrogen and oxygen atoms in total. The first kappa shape index (κ1) is 14.1. The standard InChI is InChI=1S/C13H18O5S/c14-7-11(10-4-5-19(16,17)9-10)8-18-13-3-1-2-12(15)6-13/h1-3,6,10-11,14-15H,4-5,7-9H2. The van der Waals surface area contributed by atoms with Gasteiger partial charge in [-0.2, -0.15) is 0 Å². The molecule has 1 aromatic rings. The van der Waals surface area contributed by atoms with E-state index in [9.17, 15) is 18.6 Å². The summed E-state index contributed by atoms with van der Waals surface area (Å²) in [4.78, 5) is 0. The molecule has 0 bridgehead atoms. The van der Waals surface area contributed by atoms with Crippen LogP contribution in [0.2, 0.25) is 0 Å². The first-order valence-corrected chi connectivity index (χ1v) is 8.05. The van der Waals surface area contributed by atoms with Gasteiger partial charge in [0.1, 0.15) is 11.5 Å². The fourth-order valence-electron chi connectivity index (χ4n) is 2.31. The zero-order valence-corrected chi connectivity index (χ0v) is 11.3. The Kier molecular flexibility index (Phi) is 4.31. The van der Waals surface area contributed by atoms with Gasteiger partial charge in [0.2, 0.25) is 0 Å². The molecule has 0 aromatic heterocycles. The van der Waals surface area contributed by atoms with Crippen molar-refractivity contribution in [3.05, 3.63) is 24.3 Å². The van der Waals surface area contributed by atoms with Gasteiger partial charge in [-0.05, 0) is 24.5 Å². The molecule has 0 aliphatic carbocycles. The number of hydrogen-bond acceptors (Lipinski definition) is 5. The van der Waals surface area contributed by atoms with Crippen LogP contribution in [0.25, 0.3) is 0 Å². The average Bonchev–Trinajstić information content (AvgIpc) is 2.71. The van der Waals surface area contributed by atoms with Crippen LogP contribution in [0.1, 0.15) is 6.42 Å². The van der Waals surface area contributed by atoms with Crippen LogP contribution < -0.4 is 4.74 Å². The minimum atomic E-state index is -2.95. The van der Waals surface area contributed by atoms with Crippen LogP contribution in [0.3, 0.4) is 0 Å². The Hall–Kier alpha value is -1.27. The number of phenols is 1. The summed E-state index contributed by atoms with van der Waals surface area (Å²) in [7, 11) is -2.95. The molecule has 2 unspecified atom stereocenters. The van der Waals surface area contributed by atoms with Crippen molar-refractivity contribution in [3.63, 3.8) is 0 Å². The summed E-state index contributed by atoms with van der Waals surface area (Å²) >= 11 is 0. The van der Waals surface area contributed by atoms with Gasteiger partial charge in [0, 0.05) is 18.6 Å². The van der Waals surface area contributed by atoms with Gasteiger partial charge in [-0.1, -0.05) is 6.07 Å². The summed E-state index contributed by atoms with van der Waals surface area (Å²) in [6.07, 6.45) is 0.580. The van der Waals surface area contributed by atoms with Gasteiger partial charge in [-0.15, -0.1) is 0 Å². The molecular weight excluding hydrogens is 268 g/mol. The smallest absolute Gasteiger partial charge is 0.150 e. The summed E-state index contributed by atoms with van der Waals surface area (Å²) in [5, 5.41) is 18.7. The third kappa shape index (κ3) is 3.84. The van der Waals surface area contributed by atoms with E-state index in [0.717, 1.165) is 0 Å². The van der Waals surface area contributed by atoms with Gasteiger partial charge < -0.3 is 14.9 Å². The minimum absolute atomic E-state index is 0.0488. The van der Waals surface area contributed by atoms with Crippen LogP contribution in [-0.4, -0.2) is 43.4 Å². The van der Waals surface area contributed by atoms with Crippen LogP contribution in [0.5, 0.6) is 11.5 Å². The molecule has 19 heavy (non-hydrogen) atoms. The first-order chi connectivity index (χ1) is 9.00. The second-order valence-electron chi connectivity index (χ2n) is 4.91. The largest absolute Gasteiger partial charge is 0.508 e. The van der Waals surface area contributed by atoms with Gasteiger partial charge >= 0.3 is 0 Å². The summed E-state index contributed by atoms with van der Waals surface area (Å²) in [5.41, 5.74) is 0. The Bertz CT molecular complexity index is 526. The van der Waals surface area contributed by atoms with Crippen LogP contribution >= 0.6 is 0 Å².